The molecule has 0 aliphatic carbocycles. The number of hydrogen-bond acceptors (Lipinski definition) is 3. The maximum atomic E-state index is 11.8. The van der Waals surface area contributed by atoms with Gasteiger partial charge in [0.1, 0.15) is 0 Å². The van der Waals surface area contributed by atoms with Crippen molar-refractivity contribution in [1.82, 2.24) is 9.88 Å². The minimum atomic E-state index is -0.879. The molecule has 3 N–H and O–H groups in total. The first-order valence-electron chi connectivity index (χ1n) is 6.76. The van der Waals surface area contributed by atoms with Gasteiger partial charge < -0.3 is 20.3 Å². The fourth-order valence-corrected chi connectivity index (χ4v) is 1.77. The summed E-state index contributed by atoms with van der Waals surface area (Å²) in [6, 6.07) is 1.07. The molecular formula is C14H23N3O3. The Labute approximate surface area is 118 Å². The minimum Gasteiger partial charge on any atom is -0.388 e. The fourth-order valence-electron chi connectivity index (χ4n) is 1.77. The number of nitrogens with zero attached hydrogens (tertiary/aromatic N) is 1. The second-order valence-electron chi connectivity index (χ2n) is 5.06. The number of aliphatic hydroxyl groups is 1. The summed E-state index contributed by atoms with van der Waals surface area (Å²) in [4.78, 5) is 23.2. The van der Waals surface area contributed by atoms with Gasteiger partial charge in [0.25, 0.3) is 5.56 Å². The fraction of sp³-hybridized carbons (Fsp3) is 0.571. The summed E-state index contributed by atoms with van der Waals surface area (Å²) >= 11 is 0. The molecule has 6 heteroatoms. The van der Waals surface area contributed by atoms with Gasteiger partial charge in [-0.15, -0.1) is 0 Å². The predicted molar refractivity (Wildman–Crippen MR) is 79.0 cm³/mol. The zero-order chi connectivity index (χ0) is 15.3. The number of hydrogen-bond donors (Lipinski definition) is 3. The highest BCUT2D eigenvalue weighted by Crippen LogP contribution is 2.13. The number of carbonyl (C=O) groups is 1. The summed E-state index contributed by atoms with van der Waals surface area (Å²) < 4.78 is 1.40. The number of carbonyl (C=O) groups excluding carboxylic acids is 1. The van der Waals surface area contributed by atoms with E-state index in [1.54, 1.807) is 20.2 Å². The molecule has 1 aromatic heterocycles. The van der Waals surface area contributed by atoms with E-state index in [-0.39, 0.29) is 12.1 Å². The monoisotopic (exact) mass is 281 g/mol. The van der Waals surface area contributed by atoms with Gasteiger partial charge in [0.05, 0.1) is 11.3 Å². The number of amides is 2. The van der Waals surface area contributed by atoms with Crippen LogP contribution in [0, 0.1) is 6.92 Å². The number of anilines is 1. The third-order valence-electron chi connectivity index (χ3n) is 3.58. The van der Waals surface area contributed by atoms with Crippen LogP contribution in [0.25, 0.3) is 0 Å². The predicted octanol–water partition coefficient (Wildman–Crippen LogP) is 1.37. The molecule has 0 aliphatic rings. The molecule has 20 heavy (non-hydrogen) atoms. The highest BCUT2D eigenvalue weighted by molar-refractivity contribution is 5.89. The molecule has 2 amide bonds. The summed E-state index contributed by atoms with van der Waals surface area (Å²) in [7, 11) is 1.62. The Hall–Kier alpha value is -1.82. The minimum absolute atomic E-state index is 0.125. The highest BCUT2D eigenvalue weighted by Gasteiger charge is 2.22. The molecule has 0 saturated carbocycles. The van der Waals surface area contributed by atoms with Crippen LogP contribution in [0.1, 0.15) is 32.3 Å². The van der Waals surface area contributed by atoms with Crippen molar-refractivity contribution in [2.45, 2.75) is 39.2 Å². The van der Waals surface area contributed by atoms with E-state index in [9.17, 15) is 14.7 Å². The molecule has 0 aromatic carbocycles. The lowest BCUT2D eigenvalue weighted by atomic mass is 9.98. The topological polar surface area (TPSA) is 83.4 Å². The SMILES string of the molecule is CCC(O)(CC)CNC(=O)Nc1cn(C)c(=O)cc1C. The lowest BCUT2D eigenvalue weighted by Crippen LogP contribution is -2.43. The van der Waals surface area contributed by atoms with Crippen LogP contribution < -0.4 is 16.2 Å². The second kappa shape index (κ2) is 6.56. The Morgan fingerprint density at radius 3 is 2.55 bits per heavy atom. The van der Waals surface area contributed by atoms with E-state index >= 15 is 0 Å². The van der Waals surface area contributed by atoms with E-state index in [1.165, 1.54) is 10.6 Å². The molecule has 0 unspecified atom stereocenters. The molecule has 0 radical (unpaired) electrons. The maximum absolute atomic E-state index is 11.8. The lowest BCUT2D eigenvalue weighted by Gasteiger charge is -2.25. The van der Waals surface area contributed by atoms with E-state index in [0.29, 0.717) is 24.1 Å². The number of aromatic nitrogens is 1. The molecule has 1 aromatic rings. The van der Waals surface area contributed by atoms with Crippen molar-refractivity contribution in [3.05, 3.63) is 28.2 Å². The Bertz CT molecular complexity index is 533. The van der Waals surface area contributed by atoms with Crippen molar-refractivity contribution >= 4 is 11.7 Å². The molecule has 0 bridgehead atoms. The van der Waals surface area contributed by atoms with Crippen molar-refractivity contribution in [2.75, 3.05) is 11.9 Å². The van der Waals surface area contributed by atoms with Crippen molar-refractivity contribution in [3.8, 4) is 0 Å². The summed E-state index contributed by atoms with van der Waals surface area (Å²) in [5.41, 5.74) is 0.265. The number of urea groups is 1. The molecule has 0 saturated heterocycles. The Balaban J connectivity index is 2.68. The molecule has 1 heterocycles. The van der Waals surface area contributed by atoms with Gasteiger partial charge in [-0.25, -0.2) is 4.79 Å². The molecule has 112 valence electrons. The van der Waals surface area contributed by atoms with Crippen LogP contribution in [0.5, 0.6) is 0 Å². The van der Waals surface area contributed by atoms with Crippen LogP contribution in [0.2, 0.25) is 0 Å². The number of rotatable bonds is 5. The third-order valence-corrected chi connectivity index (χ3v) is 3.58. The summed E-state index contributed by atoms with van der Waals surface area (Å²) in [5, 5.41) is 15.4. The normalized spacial score (nSPS) is 11.2. The van der Waals surface area contributed by atoms with Crippen molar-refractivity contribution in [3.63, 3.8) is 0 Å². The van der Waals surface area contributed by atoms with Crippen LogP contribution in [0.3, 0.4) is 0 Å². The van der Waals surface area contributed by atoms with Crippen LogP contribution in [-0.2, 0) is 7.05 Å². The van der Waals surface area contributed by atoms with Gasteiger partial charge in [0.2, 0.25) is 0 Å². The number of pyridine rings is 1. The first-order chi connectivity index (χ1) is 9.31. The molecule has 6 nitrogen and oxygen atoms in total. The van der Waals surface area contributed by atoms with Crippen LogP contribution in [0.15, 0.2) is 17.1 Å². The maximum Gasteiger partial charge on any atom is 0.319 e. The average Bonchev–Trinajstić information content (AvgIpc) is 2.42. The highest BCUT2D eigenvalue weighted by atomic mass is 16.3. The lowest BCUT2D eigenvalue weighted by molar-refractivity contribution is 0.0354. The van der Waals surface area contributed by atoms with Gasteiger partial charge in [0, 0.05) is 25.9 Å². The third kappa shape index (κ3) is 4.09. The molecular weight excluding hydrogens is 258 g/mol. The van der Waals surface area contributed by atoms with Gasteiger partial charge in [-0.05, 0) is 25.3 Å². The van der Waals surface area contributed by atoms with Gasteiger partial charge >= 0.3 is 6.03 Å². The largest absolute Gasteiger partial charge is 0.388 e. The zero-order valence-corrected chi connectivity index (χ0v) is 12.5. The second-order valence-corrected chi connectivity index (χ2v) is 5.06. The van der Waals surface area contributed by atoms with E-state index in [2.05, 4.69) is 10.6 Å². The van der Waals surface area contributed by atoms with E-state index in [1.807, 2.05) is 13.8 Å². The van der Waals surface area contributed by atoms with Crippen LogP contribution in [-0.4, -0.2) is 27.9 Å². The van der Waals surface area contributed by atoms with Crippen LogP contribution in [0.4, 0.5) is 10.5 Å². The standard InChI is InChI=1S/C14H23N3O3/c1-5-14(20,6-2)9-15-13(19)16-11-8-17(4)12(18)7-10(11)3/h7-8,20H,5-6,9H2,1-4H3,(H2,15,16,19). The van der Waals surface area contributed by atoms with E-state index in [0.717, 1.165) is 0 Å². The number of nitrogens with one attached hydrogen (secondary N) is 2. The molecule has 0 aliphatic heterocycles. The number of aryl methyl sites for hydroxylation is 2. The molecule has 0 atom stereocenters. The van der Waals surface area contributed by atoms with Crippen molar-refractivity contribution < 1.29 is 9.90 Å². The first-order valence-corrected chi connectivity index (χ1v) is 6.76. The molecule has 0 fully saturated rings. The van der Waals surface area contributed by atoms with Gasteiger partial charge in [0.15, 0.2) is 0 Å². The summed E-state index contributed by atoms with van der Waals surface area (Å²) in [6.07, 6.45) is 2.72. The zero-order valence-electron chi connectivity index (χ0n) is 12.5. The quantitative estimate of drug-likeness (QED) is 0.762. The summed E-state index contributed by atoms with van der Waals surface area (Å²) in [6.45, 7) is 5.70. The van der Waals surface area contributed by atoms with E-state index in [4.69, 9.17) is 0 Å². The summed E-state index contributed by atoms with van der Waals surface area (Å²) in [5.74, 6) is 0. The Morgan fingerprint density at radius 2 is 2.00 bits per heavy atom. The van der Waals surface area contributed by atoms with Gasteiger partial charge in [-0.3, -0.25) is 4.79 Å². The average molecular weight is 281 g/mol. The van der Waals surface area contributed by atoms with Crippen molar-refractivity contribution in [2.24, 2.45) is 7.05 Å². The smallest absolute Gasteiger partial charge is 0.319 e. The Morgan fingerprint density at radius 1 is 1.40 bits per heavy atom. The first kappa shape index (κ1) is 16.2. The van der Waals surface area contributed by atoms with Crippen molar-refractivity contribution in [1.29, 1.82) is 0 Å². The molecule has 0 spiro atoms. The van der Waals surface area contributed by atoms with Gasteiger partial charge in [-0.2, -0.15) is 0 Å². The molecule has 1 rings (SSSR count). The van der Waals surface area contributed by atoms with Gasteiger partial charge in [-0.1, -0.05) is 13.8 Å². The van der Waals surface area contributed by atoms with Crippen LogP contribution >= 0.6 is 0 Å². The van der Waals surface area contributed by atoms with E-state index < -0.39 is 11.6 Å². The Kier molecular flexibility index (Phi) is 5.33.